The lowest BCUT2D eigenvalue weighted by molar-refractivity contribution is -0.461. The quantitative estimate of drug-likeness (QED) is 0.249. The Bertz CT molecular complexity index is 853. The molecule has 0 nitrogen and oxygen atoms in total. The van der Waals surface area contributed by atoms with E-state index in [1.807, 2.05) is 0 Å². The zero-order chi connectivity index (χ0) is 27.4. The van der Waals surface area contributed by atoms with Crippen molar-refractivity contribution in [3.63, 3.8) is 0 Å². The van der Waals surface area contributed by atoms with Crippen LogP contribution < -0.4 is 0 Å². The summed E-state index contributed by atoms with van der Waals surface area (Å²) in [5.74, 6) is -56.0. The van der Waals surface area contributed by atoms with Crippen LogP contribution in [-0.4, -0.2) is 47.6 Å². The van der Waals surface area contributed by atoms with Crippen LogP contribution in [0.15, 0.2) is 28.7 Å². The minimum atomic E-state index is -8.60. The average molecular weight is 603 g/mol. The van der Waals surface area contributed by atoms with Gasteiger partial charge in [0.15, 0.2) is 0 Å². The Balaban J connectivity index is 3.45. The maximum atomic E-state index is 13.8. The van der Waals surface area contributed by atoms with Gasteiger partial charge in [-0.05, 0) is 24.1 Å². The summed E-state index contributed by atoms with van der Waals surface area (Å²) in [5, 5.41) is 0. The van der Waals surface area contributed by atoms with Gasteiger partial charge in [-0.3, -0.25) is 0 Å². The second-order valence-electron chi connectivity index (χ2n) is 6.78. The smallest absolute Gasteiger partial charge is 0.200 e. The summed E-state index contributed by atoms with van der Waals surface area (Å²) >= 11 is 2.87. The Morgan fingerprint density at radius 2 is 0.794 bits per heavy atom. The lowest BCUT2D eigenvalue weighted by atomic mass is 9.87. The minimum Gasteiger partial charge on any atom is -0.200 e. The normalized spacial score (nSPS) is 15.6. The molecular formula is C16H8BrF17. The Kier molecular flexibility index (Phi) is 7.70. The molecule has 18 heteroatoms. The first-order valence-corrected chi connectivity index (χ1v) is 8.97. The summed E-state index contributed by atoms with van der Waals surface area (Å²) in [7, 11) is 0. The van der Waals surface area contributed by atoms with E-state index in [0.29, 0.717) is 4.47 Å². The molecule has 0 unspecified atom stereocenters. The zero-order valence-electron chi connectivity index (χ0n) is 15.5. The van der Waals surface area contributed by atoms with Crippen LogP contribution in [0.3, 0.4) is 0 Å². The summed E-state index contributed by atoms with van der Waals surface area (Å²) in [6, 6.07) is 4.13. The first-order valence-electron chi connectivity index (χ1n) is 8.18. The predicted octanol–water partition coefficient (Wildman–Crippen LogP) is 8.39. The summed E-state index contributed by atoms with van der Waals surface area (Å²) < 4.78 is 224. The van der Waals surface area contributed by atoms with Gasteiger partial charge in [0.25, 0.3) is 0 Å². The molecule has 0 bridgehead atoms. The molecule has 0 aliphatic rings. The summed E-state index contributed by atoms with van der Waals surface area (Å²) in [6.07, 6.45) is -11.5. The van der Waals surface area contributed by atoms with Crippen LogP contribution in [0.2, 0.25) is 0 Å². The lowest BCUT2D eigenvalue weighted by Gasteiger charge is -2.42. The molecule has 1 aromatic carbocycles. The molecule has 0 N–H and O–H groups in total. The van der Waals surface area contributed by atoms with Crippen LogP contribution in [-0.2, 0) is 6.42 Å². The molecule has 0 radical (unpaired) electrons. The molecular weight excluding hydrogens is 595 g/mol. The Morgan fingerprint density at radius 1 is 0.471 bits per heavy atom. The molecule has 0 atom stereocenters. The zero-order valence-corrected chi connectivity index (χ0v) is 17.1. The fourth-order valence-corrected chi connectivity index (χ4v) is 2.57. The number of alkyl halides is 17. The maximum Gasteiger partial charge on any atom is 0.460 e. The molecule has 0 aromatic heterocycles. The molecule has 0 fully saturated rings. The second-order valence-corrected chi connectivity index (χ2v) is 7.69. The van der Waals surface area contributed by atoms with Crippen molar-refractivity contribution in [2.45, 2.75) is 60.5 Å². The van der Waals surface area contributed by atoms with E-state index >= 15 is 0 Å². The van der Waals surface area contributed by atoms with Crippen molar-refractivity contribution in [1.29, 1.82) is 0 Å². The maximum absolute atomic E-state index is 13.8. The second kappa shape index (κ2) is 8.57. The number of benzene rings is 1. The SMILES string of the molecule is FC(F)(F)C(F)(F)C(F)(F)C(F)(F)C(F)(F)C(F)(F)C(F)(F)C(F)(F)CCc1ccc(Br)cc1. The van der Waals surface area contributed by atoms with Gasteiger partial charge in [-0.2, -0.15) is 74.6 Å². The van der Waals surface area contributed by atoms with Crippen molar-refractivity contribution in [1.82, 2.24) is 0 Å². The van der Waals surface area contributed by atoms with Crippen LogP contribution in [0.25, 0.3) is 0 Å². The van der Waals surface area contributed by atoms with Crippen molar-refractivity contribution in [3.8, 4) is 0 Å². The Hall–Kier alpha value is -1.49. The molecule has 198 valence electrons. The predicted molar refractivity (Wildman–Crippen MR) is 83.1 cm³/mol. The van der Waals surface area contributed by atoms with Gasteiger partial charge in [-0.15, -0.1) is 0 Å². The highest BCUT2D eigenvalue weighted by molar-refractivity contribution is 9.10. The van der Waals surface area contributed by atoms with E-state index in [0.717, 1.165) is 24.3 Å². The molecule has 0 saturated heterocycles. The van der Waals surface area contributed by atoms with Crippen LogP contribution in [0.5, 0.6) is 0 Å². The van der Waals surface area contributed by atoms with Gasteiger partial charge in [-0.25, -0.2) is 0 Å². The van der Waals surface area contributed by atoms with Crippen molar-refractivity contribution < 1.29 is 74.6 Å². The minimum absolute atomic E-state index is 0.304. The number of rotatable bonds is 9. The van der Waals surface area contributed by atoms with E-state index in [2.05, 4.69) is 15.9 Å². The summed E-state index contributed by atoms with van der Waals surface area (Å²) in [4.78, 5) is 0. The third-order valence-corrected chi connectivity index (χ3v) is 4.96. The van der Waals surface area contributed by atoms with E-state index in [1.165, 1.54) is 0 Å². The van der Waals surface area contributed by atoms with Gasteiger partial charge in [0.1, 0.15) is 0 Å². The van der Waals surface area contributed by atoms with Gasteiger partial charge >= 0.3 is 47.6 Å². The number of halogens is 18. The van der Waals surface area contributed by atoms with Crippen LogP contribution in [0.4, 0.5) is 74.6 Å². The molecule has 0 spiro atoms. The molecule has 0 aliphatic heterocycles. The highest BCUT2D eigenvalue weighted by Gasteiger charge is 2.95. The van der Waals surface area contributed by atoms with E-state index < -0.39 is 60.5 Å². The van der Waals surface area contributed by atoms with E-state index in [9.17, 15) is 74.6 Å². The van der Waals surface area contributed by atoms with Crippen LogP contribution in [0, 0.1) is 0 Å². The number of hydrogen-bond acceptors (Lipinski definition) is 0. The van der Waals surface area contributed by atoms with Gasteiger partial charge in [0, 0.05) is 10.9 Å². The standard InChI is InChI=1S/C16H8BrF17/c17-8-3-1-7(2-4-8)5-6-9(18,19)10(20,21)11(22,23)12(24,25)13(26,27)14(28,29)15(30,31)16(32,33)34/h1-4H,5-6H2. The largest absolute Gasteiger partial charge is 0.460 e. The topological polar surface area (TPSA) is 0 Å². The van der Waals surface area contributed by atoms with E-state index in [-0.39, 0.29) is 5.56 Å². The van der Waals surface area contributed by atoms with Gasteiger partial charge in [0.2, 0.25) is 0 Å². The van der Waals surface area contributed by atoms with Crippen molar-refractivity contribution in [3.05, 3.63) is 34.3 Å². The molecule has 0 amide bonds. The molecule has 0 heterocycles. The first-order chi connectivity index (χ1) is 14.7. The fraction of sp³-hybridized carbons (Fsp3) is 0.625. The van der Waals surface area contributed by atoms with E-state index in [1.54, 1.807) is 0 Å². The third-order valence-electron chi connectivity index (χ3n) is 4.43. The molecule has 1 aromatic rings. The average Bonchev–Trinajstić information content (AvgIpc) is 2.65. The van der Waals surface area contributed by atoms with Crippen molar-refractivity contribution in [2.75, 3.05) is 0 Å². The number of hydrogen-bond donors (Lipinski definition) is 0. The van der Waals surface area contributed by atoms with Crippen LogP contribution >= 0.6 is 15.9 Å². The molecule has 34 heavy (non-hydrogen) atoms. The molecule has 0 saturated carbocycles. The lowest BCUT2D eigenvalue weighted by Crippen LogP contribution is -2.74. The first kappa shape index (κ1) is 30.5. The van der Waals surface area contributed by atoms with E-state index in [4.69, 9.17) is 0 Å². The summed E-state index contributed by atoms with van der Waals surface area (Å²) in [5.41, 5.74) is -0.310. The monoisotopic (exact) mass is 602 g/mol. The Morgan fingerprint density at radius 3 is 1.15 bits per heavy atom. The molecule has 0 aliphatic carbocycles. The number of aryl methyl sites for hydroxylation is 1. The fourth-order valence-electron chi connectivity index (χ4n) is 2.31. The highest BCUT2D eigenvalue weighted by Crippen LogP contribution is 2.64. The van der Waals surface area contributed by atoms with Crippen molar-refractivity contribution >= 4 is 15.9 Å². The third kappa shape index (κ3) is 4.42. The van der Waals surface area contributed by atoms with Gasteiger partial charge in [-0.1, -0.05) is 28.1 Å². The Labute approximate surface area is 186 Å². The van der Waals surface area contributed by atoms with Gasteiger partial charge < -0.3 is 0 Å². The summed E-state index contributed by atoms with van der Waals surface area (Å²) in [6.45, 7) is 0. The van der Waals surface area contributed by atoms with Crippen molar-refractivity contribution in [2.24, 2.45) is 0 Å². The van der Waals surface area contributed by atoms with Gasteiger partial charge in [0.05, 0.1) is 0 Å². The van der Waals surface area contributed by atoms with Crippen LogP contribution in [0.1, 0.15) is 12.0 Å². The highest BCUT2D eigenvalue weighted by atomic mass is 79.9. The molecule has 1 rings (SSSR count).